The molecule has 0 bridgehead atoms. The molecule has 1 saturated carbocycles. The summed E-state index contributed by atoms with van der Waals surface area (Å²) < 4.78 is 5.63. The number of carboxylic acids is 1. The SMILES string of the molecule is O=C(O)c1nc(CC2(c3cccc4c3=CCCC=4)CCCC2)[nH]c(=O)c1OCc1ccccc1. The van der Waals surface area contributed by atoms with Crippen molar-refractivity contribution in [1.82, 2.24) is 9.97 Å². The van der Waals surface area contributed by atoms with E-state index < -0.39 is 11.5 Å². The Morgan fingerprint density at radius 2 is 1.79 bits per heavy atom. The number of aromatic carboxylic acids is 1. The number of fused-ring (bicyclic) bond motifs is 1. The van der Waals surface area contributed by atoms with Gasteiger partial charge in [0.2, 0.25) is 5.75 Å². The minimum Gasteiger partial charge on any atom is -0.481 e. The number of aromatic amines is 1. The summed E-state index contributed by atoms with van der Waals surface area (Å²) in [7, 11) is 0. The first-order valence-electron chi connectivity index (χ1n) is 11.9. The first kappa shape index (κ1) is 22.1. The van der Waals surface area contributed by atoms with Gasteiger partial charge >= 0.3 is 5.97 Å². The normalized spacial score (nSPS) is 16.2. The van der Waals surface area contributed by atoms with Gasteiger partial charge in [-0.25, -0.2) is 9.78 Å². The van der Waals surface area contributed by atoms with Gasteiger partial charge in [-0.1, -0.05) is 73.5 Å². The molecule has 174 valence electrons. The predicted octanol–water partition coefficient (Wildman–Crippen LogP) is 3.46. The molecule has 2 aromatic carbocycles. The maximum absolute atomic E-state index is 12.9. The van der Waals surface area contributed by atoms with Crippen LogP contribution in [0, 0.1) is 0 Å². The Morgan fingerprint density at radius 3 is 2.56 bits per heavy atom. The zero-order chi connectivity index (χ0) is 23.5. The molecule has 0 radical (unpaired) electrons. The largest absolute Gasteiger partial charge is 0.481 e. The molecule has 0 unspecified atom stereocenters. The van der Waals surface area contributed by atoms with Crippen molar-refractivity contribution in [2.75, 3.05) is 0 Å². The van der Waals surface area contributed by atoms with E-state index in [1.165, 1.54) is 16.0 Å². The van der Waals surface area contributed by atoms with Gasteiger partial charge < -0.3 is 14.8 Å². The number of H-pyrrole nitrogens is 1. The number of aromatic nitrogens is 2. The van der Waals surface area contributed by atoms with Crippen LogP contribution in [-0.4, -0.2) is 21.0 Å². The molecule has 34 heavy (non-hydrogen) atoms. The molecule has 0 saturated heterocycles. The van der Waals surface area contributed by atoms with Crippen LogP contribution in [0.25, 0.3) is 12.2 Å². The van der Waals surface area contributed by atoms with Gasteiger partial charge in [-0.05, 0) is 47.2 Å². The van der Waals surface area contributed by atoms with Crippen LogP contribution in [0.4, 0.5) is 0 Å². The van der Waals surface area contributed by atoms with Crippen molar-refractivity contribution >= 4 is 18.1 Å². The third-order valence-corrected chi connectivity index (χ3v) is 7.01. The van der Waals surface area contributed by atoms with E-state index in [4.69, 9.17) is 4.74 Å². The molecule has 6 heteroatoms. The van der Waals surface area contributed by atoms with E-state index in [0.29, 0.717) is 12.2 Å². The molecule has 1 heterocycles. The summed E-state index contributed by atoms with van der Waals surface area (Å²) in [6, 6.07) is 15.8. The van der Waals surface area contributed by atoms with Crippen molar-refractivity contribution in [2.45, 2.75) is 57.0 Å². The van der Waals surface area contributed by atoms with Gasteiger partial charge in [0.15, 0.2) is 5.69 Å². The minimum atomic E-state index is -1.27. The molecule has 1 fully saturated rings. The molecule has 6 nitrogen and oxygen atoms in total. The number of carbonyl (C=O) groups is 1. The van der Waals surface area contributed by atoms with Gasteiger partial charge in [0.05, 0.1) is 0 Å². The quantitative estimate of drug-likeness (QED) is 0.568. The number of nitrogens with zero attached hydrogens (tertiary/aromatic N) is 1. The molecule has 5 rings (SSSR count). The highest BCUT2D eigenvalue weighted by Gasteiger charge is 2.38. The summed E-state index contributed by atoms with van der Waals surface area (Å²) in [5, 5.41) is 12.3. The third-order valence-electron chi connectivity index (χ3n) is 7.01. The van der Waals surface area contributed by atoms with Crippen molar-refractivity contribution in [2.24, 2.45) is 0 Å². The van der Waals surface area contributed by atoms with E-state index in [0.717, 1.165) is 44.1 Å². The highest BCUT2D eigenvalue weighted by atomic mass is 16.5. The number of benzene rings is 2. The second kappa shape index (κ2) is 9.29. The Labute approximate surface area is 197 Å². The smallest absolute Gasteiger partial charge is 0.358 e. The van der Waals surface area contributed by atoms with Crippen LogP contribution in [0.2, 0.25) is 0 Å². The lowest BCUT2D eigenvalue weighted by Gasteiger charge is -2.30. The minimum absolute atomic E-state index is 0.0949. The Morgan fingerprint density at radius 1 is 1.03 bits per heavy atom. The topological polar surface area (TPSA) is 92.3 Å². The molecule has 0 aliphatic heterocycles. The van der Waals surface area contributed by atoms with Gasteiger partial charge in [0.25, 0.3) is 5.56 Å². The van der Waals surface area contributed by atoms with Crippen LogP contribution in [0.1, 0.15) is 66.0 Å². The standard InChI is InChI=1S/C28H28N2O4/c31-26-25(34-18-19-9-2-1-3-10-19)24(27(32)33)29-23(30-26)17-28(15-6-7-16-28)22-14-8-12-20-11-4-5-13-21(20)22/h1-3,8-14H,4-7,15-18H2,(H,32,33)(H,29,30,31). The molecule has 0 atom stereocenters. The molecule has 3 aromatic rings. The molecular weight excluding hydrogens is 428 g/mol. The lowest BCUT2D eigenvalue weighted by atomic mass is 9.74. The molecular formula is C28H28N2O4. The second-order valence-electron chi connectivity index (χ2n) is 9.23. The van der Waals surface area contributed by atoms with Gasteiger partial charge in [0, 0.05) is 11.8 Å². The Hall–Kier alpha value is -3.67. The van der Waals surface area contributed by atoms with Gasteiger partial charge in [-0.2, -0.15) is 0 Å². The average Bonchev–Trinajstić information content (AvgIpc) is 3.32. The zero-order valence-corrected chi connectivity index (χ0v) is 19.0. The summed E-state index contributed by atoms with van der Waals surface area (Å²) in [5.74, 6) is -1.12. The lowest BCUT2D eigenvalue weighted by Crippen LogP contribution is -2.40. The third kappa shape index (κ3) is 4.28. The number of rotatable bonds is 7. The Bertz CT molecular complexity index is 1390. The maximum atomic E-state index is 12.9. The fourth-order valence-electron chi connectivity index (χ4n) is 5.43. The summed E-state index contributed by atoms with van der Waals surface area (Å²) in [5.41, 5.74) is 1.06. The van der Waals surface area contributed by atoms with E-state index in [9.17, 15) is 14.7 Å². The molecule has 0 spiro atoms. The molecule has 2 aliphatic rings. The van der Waals surface area contributed by atoms with Crippen molar-refractivity contribution in [3.63, 3.8) is 0 Å². The zero-order valence-electron chi connectivity index (χ0n) is 19.0. The Kier molecular flexibility index (Phi) is 6.05. The van der Waals surface area contributed by atoms with Gasteiger partial charge in [0.1, 0.15) is 12.4 Å². The van der Waals surface area contributed by atoms with E-state index in [1.807, 2.05) is 30.3 Å². The monoisotopic (exact) mass is 456 g/mol. The van der Waals surface area contributed by atoms with Crippen LogP contribution in [0.3, 0.4) is 0 Å². The van der Waals surface area contributed by atoms with E-state index in [2.05, 4.69) is 40.3 Å². The summed E-state index contributed by atoms with van der Waals surface area (Å²) in [4.78, 5) is 32.2. The number of carboxylic acid groups (broad SMARTS) is 1. The molecule has 1 aromatic heterocycles. The van der Waals surface area contributed by atoms with Crippen LogP contribution < -0.4 is 20.7 Å². The summed E-state index contributed by atoms with van der Waals surface area (Å²) in [6.07, 6.45) is 11.3. The molecule has 0 amide bonds. The highest BCUT2D eigenvalue weighted by molar-refractivity contribution is 5.88. The lowest BCUT2D eigenvalue weighted by molar-refractivity contribution is 0.0683. The molecule has 2 aliphatic carbocycles. The van der Waals surface area contributed by atoms with Crippen LogP contribution in [0.5, 0.6) is 5.75 Å². The molecule has 2 N–H and O–H groups in total. The van der Waals surface area contributed by atoms with E-state index >= 15 is 0 Å². The number of ether oxygens (including phenoxy) is 1. The Balaban J connectivity index is 1.51. The number of nitrogens with one attached hydrogen (secondary N) is 1. The number of hydrogen-bond acceptors (Lipinski definition) is 4. The van der Waals surface area contributed by atoms with Crippen molar-refractivity contribution in [1.29, 1.82) is 0 Å². The maximum Gasteiger partial charge on any atom is 0.358 e. The number of hydrogen-bond donors (Lipinski definition) is 2. The summed E-state index contributed by atoms with van der Waals surface area (Å²) >= 11 is 0. The first-order chi connectivity index (χ1) is 16.6. The van der Waals surface area contributed by atoms with Gasteiger partial charge in [-0.15, -0.1) is 0 Å². The highest BCUT2D eigenvalue weighted by Crippen LogP contribution is 2.42. The predicted molar refractivity (Wildman–Crippen MR) is 130 cm³/mol. The van der Waals surface area contributed by atoms with E-state index in [-0.39, 0.29) is 23.5 Å². The van der Waals surface area contributed by atoms with Crippen molar-refractivity contribution in [3.05, 3.63) is 92.0 Å². The fraction of sp³-hybridized carbons (Fsp3) is 0.321. The first-order valence-corrected chi connectivity index (χ1v) is 11.9. The average molecular weight is 457 g/mol. The van der Waals surface area contributed by atoms with Crippen LogP contribution in [0.15, 0.2) is 53.3 Å². The van der Waals surface area contributed by atoms with E-state index in [1.54, 1.807) is 0 Å². The van der Waals surface area contributed by atoms with Crippen molar-refractivity contribution in [3.8, 4) is 5.75 Å². The fourth-order valence-corrected chi connectivity index (χ4v) is 5.43. The summed E-state index contributed by atoms with van der Waals surface area (Å²) in [6.45, 7) is 0.0949. The van der Waals surface area contributed by atoms with Crippen LogP contribution >= 0.6 is 0 Å². The van der Waals surface area contributed by atoms with Crippen LogP contribution in [-0.2, 0) is 18.4 Å². The second-order valence-corrected chi connectivity index (χ2v) is 9.23. The van der Waals surface area contributed by atoms with Crippen molar-refractivity contribution < 1.29 is 14.6 Å². The van der Waals surface area contributed by atoms with Gasteiger partial charge in [-0.3, -0.25) is 4.79 Å².